The number of carbonyl (C=O) groups excluding carboxylic acids is 1. The summed E-state index contributed by atoms with van der Waals surface area (Å²) in [6.07, 6.45) is 0. The van der Waals surface area contributed by atoms with Crippen LogP contribution >= 0.6 is 11.6 Å². The van der Waals surface area contributed by atoms with Crippen LogP contribution in [0.15, 0.2) is 47.3 Å². The lowest BCUT2D eigenvalue weighted by Gasteiger charge is -2.16. The van der Waals surface area contributed by atoms with Gasteiger partial charge >= 0.3 is 0 Å². The van der Waals surface area contributed by atoms with E-state index in [1.54, 1.807) is 37.4 Å². The molecule has 0 aliphatic carbocycles. The number of hydrogen-bond donors (Lipinski definition) is 2. The molecule has 0 spiro atoms. The van der Waals surface area contributed by atoms with Gasteiger partial charge in [0, 0.05) is 24.2 Å². The van der Waals surface area contributed by atoms with Crippen molar-refractivity contribution >= 4 is 28.4 Å². The third kappa shape index (κ3) is 4.17. The number of fused-ring (bicyclic) bond motifs is 1. The molecule has 0 aliphatic heterocycles. The first kappa shape index (κ1) is 18.6. The maximum atomic E-state index is 12.8. The fraction of sp³-hybridized carbons (Fsp3) is 0.150. The van der Waals surface area contributed by atoms with Crippen molar-refractivity contribution in [3.05, 3.63) is 74.5 Å². The Kier molecular flexibility index (Phi) is 5.55. The van der Waals surface area contributed by atoms with E-state index in [1.165, 1.54) is 4.90 Å². The number of amides is 1. The summed E-state index contributed by atoms with van der Waals surface area (Å²) in [5.74, 6) is 4.79. The third-order valence-corrected chi connectivity index (χ3v) is 4.21. The predicted molar refractivity (Wildman–Crippen MR) is 104 cm³/mol. The first-order chi connectivity index (χ1) is 13.0. The summed E-state index contributed by atoms with van der Waals surface area (Å²) in [4.78, 5) is 26.9. The Morgan fingerprint density at radius 2 is 2.00 bits per heavy atom. The van der Waals surface area contributed by atoms with E-state index in [-0.39, 0.29) is 12.3 Å². The fourth-order valence-electron chi connectivity index (χ4n) is 2.60. The lowest BCUT2D eigenvalue weighted by molar-refractivity contribution is 0.0777. The first-order valence-corrected chi connectivity index (χ1v) is 8.49. The van der Waals surface area contributed by atoms with Crippen LogP contribution in [-0.2, 0) is 6.54 Å². The molecule has 1 amide bonds. The number of nitrogens with zero attached hydrogens (tertiary/aromatic N) is 2. The van der Waals surface area contributed by atoms with Gasteiger partial charge < -0.3 is 10.0 Å². The van der Waals surface area contributed by atoms with Gasteiger partial charge in [-0.15, -0.1) is 0 Å². The van der Waals surface area contributed by atoms with E-state index in [2.05, 4.69) is 22.0 Å². The molecule has 1 heterocycles. The number of halogens is 1. The minimum Gasteiger partial charge on any atom is -0.384 e. The molecule has 2 aromatic carbocycles. The second-order valence-electron chi connectivity index (χ2n) is 5.91. The molecule has 6 nitrogen and oxygen atoms in total. The second kappa shape index (κ2) is 8.04. The quantitative estimate of drug-likeness (QED) is 0.681. The number of carbonyl (C=O) groups is 1. The first-order valence-electron chi connectivity index (χ1n) is 8.11. The van der Waals surface area contributed by atoms with Crippen LogP contribution in [0.5, 0.6) is 0 Å². The number of rotatable bonds is 3. The average molecular weight is 382 g/mol. The van der Waals surface area contributed by atoms with Crippen LogP contribution in [0.2, 0.25) is 5.02 Å². The van der Waals surface area contributed by atoms with Crippen LogP contribution in [0.3, 0.4) is 0 Å². The van der Waals surface area contributed by atoms with Gasteiger partial charge in [-0.1, -0.05) is 35.6 Å². The van der Waals surface area contributed by atoms with Gasteiger partial charge in [0.05, 0.1) is 10.9 Å². The number of nitrogens with one attached hydrogen (secondary N) is 1. The highest BCUT2D eigenvalue weighted by molar-refractivity contribution is 6.30. The Hall–Kier alpha value is -3.14. The van der Waals surface area contributed by atoms with Gasteiger partial charge in [0.1, 0.15) is 6.61 Å². The molecular weight excluding hydrogens is 366 g/mol. The fourth-order valence-corrected chi connectivity index (χ4v) is 2.73. The number of aromatic nitrogens is 2. The van der Waals surface area contributed by atoms with Gasteiger partial charge in [0.25, 0.3) is 5.91 Å². The summed E-state index contributed by atoms with van der Waals surface area (Å²) in [5.41, 5.74) is 1.30. The summed E-state index contributed by atoms with van der Waals surface area (Å²) < 4.78 is 0. The number of aromatic amines is 1. The molecule has 2 N–H and O–H groups in total. The van der Waals surface area contributed by atoms with Gasteiger partial charge in [0.2, 0.25) is 5.43 Å². The molecule has 0 atom stereocenters. The zero-order valence-electron chi connectivity index (χ0n) is 14.5. The Balaban J connectivity index is 1.92. The van der Waals surface area contributed by atoms with Crippen molar-refractivity contribution in [1.29, 1.82) is 0 Å². The van der Waals surface area contributed by atoms with Gasteiger partial charge in [-0.2, -0.15) is 5.10 Å². The summed E-state index contributed by atoms with van der Waals surface area (Å²) in [6, 6.07) is 12.1. The van der Waals surface area contributed by atoms with Crippen molar-refractivity contribution in [2.45, 2.75) is 6.54 Å². The predicted octanol–water partition coefficient (Wildman–Crippen LogP) is 2.19. The highest BCUT2D eigenvalue weighted by Gasteiger charge is 2.19. The molecule has 0 saturated heterocycles. The van der Waals surface area contributed by atoms with E-state index in [9.17, 15) is 9.59 Å². The van der Waals surface area contributed by atoms with Crippen LogP contribution in [0.25, 0.3) is 10.9 Å². The van der Waals surface area contributed by atoms with Crippen LogP contribution in [0, 0.1) is 11.8 Å². The van der Waals surface area contributed by atoms with Gasteiger partial charge in [-0.25, -0.2) is 0 Å². The maximum Gasteiger partial charge on any atom is 0.278 e. The molecule has 136 valence electrons. The van der Waals surface area contributed by atoms with E-state index >= 15 is 0 Å². The van der Waals surface area contributed by atoms with Crippen molar-refractivity contribution in [3.8, 4) is 11.8 Å². The molecular formula is C20H16ClN3O3. The smallest absolute Gasteiger partial charge is 0.278 e. The number of H-pyrrole nitrogens is 1. The van der Waals surface area contributed by atoms with Crippen molar-refractivity contribution in [2.24, 2.45) is 0 Å². The molecule has 0 aliphatic rings. The SMILES string of the molecule is CN(Cc1ccc(Cl)cc1)C(=O)c1n[nH]c2ccc(C#CCO)cc2c1=O. The lowest BCUT2D eigenvalue weighted by Crippen LogP contribution is -2.32. The van der Waals surface area contributed by atoms with E-state index in [1.807, 2.05) is 12.1 Å². The van der Waals surface area contributed by atoms with Crippen LogP contribution in [0.4, 0.5) is 0 Å². The molecule has 0 bridgehead atoms. The summed E-state index contributed by atoms with van der Waals surface area (Å²) in [5, 5.41) is 16.4. The Morgan fingerprint density at radius 3 is 2.70 bits per heavy atom. The summed E-state index contributed by atoms with van der Waals surface area (Å²) >= 11 is 5.87. The molecule has 0 saturated carbocycles. The minimum atomic E-state index is -0.486. The second-order valence-corrected chi connectivity index (χ2v) is 6.35. The van der Waals surface area contributed by atoms with Gasteiger partial charge in [-0.3, -0.25) is 14.7 Å². The monoisotopic (exact) mass is 381 g/mol. The summed E-state index contributed by atoms with van der Waals surface area (Å²) in [7, 11) is 1.60. The normalized spacial score (nSPS) is 10.3. The summed E-state index contributed by atoms with van der Waals surface area (Å²) in [6.45, 7) is 0.0428. The van der Waals surface area contributed by atoms with E-state index in [4.69, 9.17) is 16.7 Å². The highest BCUT2D eigenvalue weighted by Crippen LogP contribution is 2.13. The molecule has 3 rings (SSSR count). The van der Waals surface area contributed by atoms with E-state index < -0.39 is 11.3 Å². The number of hydrogen-bond acceptors (Lipinski definition) is 4. The van der Waals surface area contributed by atoms with Crippen molar-refractivity contribution < 1.29 is 9.90 Å². The molecule has 3 aromatic rings. The molecule has 27 heavy (non-hydrogen) atoms. The topological polar surface area (TPSA) is 86.3 Å². The highest BCUT2D eigenvalue weighted by atomic mass is 35.5. The largest absolute Gasteiger partial charge is 0.384 e. The molecule has 0 radical (unpaired) electrons. The van der Waals surface area contributed by atoms with Crippen molar-refractivity contribution in [1.82, 2.24) is 15.1 Å². The van der Waals surface area contributed by atoms with Crippen LogP contribution < -0.4 is 5.43 Å². The maximum absolute atomic E-state index is 12.8. The van der Waals surface area contributed by atoms with E-state index in [0.29, 0.717) is 28.0 Å². The lowest BCUT2D eigenvalue weighted by atomic mass is 10.1. The Bertz CT molecular complexity index is 1110. The Labute approximate surface area is 160 Å². The molecule has 0 unspecified atom stereocenters. The Morgan fingerprint density at radius 1 is 1.26 bits per heavy atom. The average Bonchev–Trinajstić information content (AvgIpc) is 2.68. The van der Waals surface area contributed by atoms with Crippen LogP contribution in [0.1, 0.15) is 21.6 Å². The zero-order chi connectivity index (χ0) is 19.4. The van der Waals surface area contributed by atoms with Gasteiger partial charge in [-0.05, 0) is 35.9 Å². The minimum absolute atomic E-state index is 0.189. The standard InChI is InChI=1S/C20H16ClN3O3/c1-24(12-14-4-7-15(21)8-5-14)20(27)18-19(26)16-11-13(3-2-10-25)6-9-17(16)22-23-18/h4-9,11,25H,10,12H2,1H3,(H,22,26). The van der Waals surface area contributed by atoms with Crippen molar-refractivity contribution in [2.75, 3.05) is 13.7 Å². The molecule has 1 aromatic heterocycles. The zero-order valence-corrected chi connectivity index (χ0v) is 15.2. The van der Waals surface area contributed by atoms with Crippen LogP contribution in [-0.4, -0.2) is 39.8 Å². The van der Waals surface area contributed by atoms with Crippen molar-refractivity contribution in [3.63, 3.8) is 0 Å². The van der Waals surface area contributed by atoms with E-state index in [0.717, 1.165) is 5.56 Å². The van der Waals surface area contributed by atoms with Gasteiger partial charge in [0.15, 0.2) is 5.69 Å². The molecule has 0 fully saturated rings. The number of aliphatic hydroxyl groups excluding tert-OH is 1. The molecule has 7 heteroatoms. The number of aliphatic hydroxyl groups is 1. The third-order valence-electron chi connectivity index (χ3n) is 3.96. The number of benzene rings is 2.